The van der Waals surface area contributed by atoms with Gasteiger partial charge in [-0.25, -0.2) is 4.99 Å². The summed E-state index contributed by atoms with van der Waals surface area (Å²) in [6, 6.07) is 16.8. The van der Waals surface area contributed by atoms with Crippen molar-refractivity contribution >= 4 is 40.1 Å². The van der Waals surface area contributed by atoms with E-state index in [2.05, 4.69) is 17.2 Å². The summed E-state index contributed by atoms with van der Waals surface area (Å²) in [5.41, 5.74) is 0.458. The van der Waals surface area contributed by atoms with Gasteiger partial charge in [0, 0.05) is 12.1 Å². The van der Waals surface area contributed by atoms with Crippen LogP contribution in [-0.2, 0) is 22.3 Å². The fraction of sp³-hybridized carbons (Fsp3) is 0.344. The lowest BCUT2D eigenvalue weighted by Crippen LogP contribution is -2.33. The summed E-state index contributed by atoms with van der Waals surface area (Å²) in [7, 11) is 0. The second-order valence-corrected chi connectivity index (χ2v) is 11.5. The molecule has 2 aliphatic rings. The molecule has 0 aliphatic carbocycles. The number of carbonyl (C=O) groups is 2. The van der Waals surface area contributed by atoms with E-state index in [1.165, 1.54) is 23.5 Å². The lowest BCUT2D eigenvalue weighted by atomic mass is 10.1. The fourth-order valence-electron chi connectivity index (χ4n) is 4.69. The predicted molar refractivity (Wildman–Crippen MR) is 162 cm³/mol. The van der Waals surface area contributed by atoms with Gasteiger partial charge in [0.05, 0.1) is 24.4 Å². The summed E-state index contributed by atoms with van der Waals surface area (Å²) in [6.07, 6.45) is -0.279. The van der Waals surface area contributed by atoms with E-state index in [9.17, 15) is 22.8 Å². The zero-order chi connectivity index (χ0) is 31.1. The molecule has 3 aromatic carbocycles. The van der Waals surface area contributed by atoms with E-state index in [1.807, 2.05) is 0 Å². The molecule has 1 atom stereocenters. The highest BCUT2D eigenvalue weighted by Gasteiger charge is 2.39. The third-order valence-electron chi connectivity index (χ3n) is 6.97. The molecule has 1 fully saturated rings. The minimum Gasteiger partial charge on any atom is -0.494 e. The average molecular weight is 628 g/mol. The van der Waals surface area contributed by atoms with Crippen LogP contribution in [0.3, 0.4) is 0 Å². The number of nitrogens with zero attached hydrogens (tertiary/aromatic N) is 2. The predicted octanol–water partition coefficient (Wildman–Crippen LogP) is 7.55. The number of carbonyl (C=O) groups excluding carboxylic acids is 2. The molecule has 5 rings (SSSR count). The molecule has 3 aromatic rings. The van der Waals surface area contributed by atoms with Gasteiger partial charge < -0.3 is 19.5 Å². The van der Waals surface area contributed by atoms with Crippen molar-refractivity contribution in [2.45, 2.75) is 57.0 Å². The van der Waals surface area contributed by atoms with E-state index in [0.29, 0.717) is 35.1 Å². The Labute approximate surface area is 257 Å². The van der Waals surface area contributed by atoms with Crippen LogP contribution in [-0.4, -0.2) is 40.5 Å². The Morgan fingerprint density at radius 1 is 1.05 bits per heavy atom. The Morgan fingerprint density at radius 3 is 2.61 bits per heavy atom. The number of hydrogen-bond acceptors (Lipinski definition) is 7. The summed E-state index contributed by atoms with van der Waals surface area (Å²) in [6.45, 7) is 2.95. The number of fused-ring (bicyclic) bond motifs is 1. The van der Waals surface area contributed by atoms with Gasteiger partial charge in [0.2, 0.25) is 18.6 Å². The van der Waals surface area contributed by atoms with Crippen LogP contribution in [0.15, 0.2) is 71.7 Å². The van der Waals surface area contributed by atoms with Gasteiger partial charge in [0.15, 0.2) is 16.7 Å². The number of unbranched alkanes of at least 4 members (excludes halogenated alkanes) is 3. The van der Waals surface area contributed by atoms with Gasteiger partial charge in [-0.1, -0.05) is 50.1 Å². The summed E-state index contributed by atoms with van der Waals surface area (Å²) in [5, 5.41) is 2.19. The number of rotatable bonds is 12. The summed E-state index contributed by atoms with van der Waals surface area (Å²) < 4.78 is 56.5. The molecule has 0 saturated carbocycles. The molecule has 0 unspecified atom stereocenters. The Bertz CT molecular complexity index is 1510. The van der Waals surface area contributed by atoms with Gasteiger partial charge in [0.25, 0.3) is 0 Å². The minimum absolute atomic E-state index is 0.0450. The Kier molecular flexibility index (Phi) is 9.99. The van der Waals surface area contributed by atoms with Crippen molar-refractivity contribution in [3.8, 4) is 17.2 Å². The van der Waals surface area contributed by atoms with Crippen molar-refractivity contribution in [1.29, 1.82) is 0 Å². The number of thioether (sulfide) groups is 1. The van der Waals surface area contributed by atoms with Crippen LogP contribution in [0.25, 0.3) is 0 Å². The van der Waals surface area contributed by atoms with Gasteiger partial charge in [-0.05, 0) is 66.6 Å². The van der Waals surface area contributed by atoms with E-state index >= 15 is 0 Å². The number of nitrogens with one attached hydrogen (secondary N) is 1. The standard InChI is InChI=1S/C32H32F3N3O5S/c1-2-3-4-5-15-41-25-12-10-23(11-13-25)36-29(39)18-28-30(40)38(19-21-9-14-26-27(16-21)43-20-42-26)31(44-28)37-24-8-6-7-22(17-24)32(33,34)35/h6-14,16-17,28H,2-5,15,18-20H2,1H3,(H,36,39)/t28-/m1/s1. The van der Waals surface area contributed by atoms with Crippen molar-refractivity contribution in [1.82, 2.24) is 4.90 Å². The van der Waals surface area contributed by atoms with Crippen molar-refractivity contribution in [2.75, 3.05) is 18.7 Å². The largest absolute Gasteiger partial charge is 0.494 e. The quantitative estimate of drug-likeness (QED) is 0.209. The van der Waals surface area contributed by atoms with Gasteiger partial charge in [-0.3, -0.25) is 14.5 Å². The summed E-state index contributed by atoms with van der Waals surface area (Å²) in [4.78, 5) is 32.3. The van der Waals surface area contributed by atoms with E-state index in [1.54, 1.807) is 42.5 Å². The molecule has 2 aliphatic heterocycles. The highest BCUT2D eigenvalue weighted by atomic mass is 32.2. The van der Waals surface area contributed by atoms with Gasteiger partial charge in [-0.2, -0.15) is 13.2 Å². The van der Waals surface area contributed by atoms with Crippen LogP contribution in [0.1, 0.15) is 50.2 Å². The topological polar surface area (TPSA) is 89.5 Å². The molecule has 2 amide bonds. The molecular weight excluding hydrogens is 595 g/mol. The van der Waals surface area contributed by atoms with Crippen LogP contribution in [0.4, 0.5) is 24.5 Å². The number of amidine groups is 1. The molecule has 12 heteroatoms. The minimum atomic E-state index is -4.54. The fourth-order valence-corrected chi connectivity index (χ4v) is 5.85. The monoisotopic (exact) mass is 627 g/mol. The van der Waals surface area contributed by atoms with Crippen LogP contribution in [0, 0.1) is 0 Å². The summed E-state index contributed by atoms with van der Waals surface area (Å²) >= 11 is 1.04. The molecule has 8 nitrogen and oxygen atoms in total. The first-order valence-corrected chi connectivity index (χ1v) is 15.2. The SMILES string of the molecule is CCCCCCOc1ccc(NC(=O)C[C@H]2SC(=Nc3cccc(C(F)(F)F)c3)N(Cc3ccc4c(c3)OCO4)C2=O)cc1. The first kappa shape index (κ1) is 31.2. The van der Waals surface area contributed by atoms with E-state index < -0.39 is 17.0 Å². The Morgan fingerprint density at radius 2 is 1.84 bits per heavy atom. The zero-order valence-electron chi connectivity index (χ0n) is 24.1. The van der Waals surface area contributed by atoms with Crippen molar-refractivity contribution in [3.63, 3.8) is 0 Å². The maximum Gasteiger partial charge on any atom is 0.416 e. The third-order valence-corrected chi connectivity index (χ3v) is 8.15. The normalized spacial score (nSPS) is 16.9. The first-order chi connectivity index (χ1) is 21.2. The lowest BCUT2D eigenvalue weighted by Gasteiger charge is -2.17. The van der Waals surface area contributed by atoms with Crippen molar-refractivity contribution in [3.05, 3.63) is 77.9 Å². The molecule has 1 N–H and O–H groups in total. The van der Waals surface area contributed by atoms with E-state index in [0.717, 1.165) is 43.2 Å². The average Bonchev–Trinajstić information content (AvgIpc) is 3.57. The molecule has 44 heavy (non-hydrogen) atoms. The highest BCUT2D eigenvalue weighted by Crippen LogP contribution is 2.37. The molecule has 0 bridgehead atoms. The highest BCUT2D eigenvalue weighted by molar-refractivity contribution is 8.15. The third kappa shape index (κ3) is 8.04. The molecule has 2 heterocycles. The number of benzene rings is 3. The van der Waals surface area contributed by atoms with Gasteiger partial charge in [-0.15, -0.1) is 0 Å². The number of halogens is 3. The van der Waals surface area contributed by atoms with Crippen LogP contribution >= 0.6 is 11.8 Å². The Hall–Kier alpha value is -4.19. The Balaban J connectivity index is 1.28. The summed E-state index contributed by atoms with van der Waals surface area (Å²) in [5.74, 6) is 1.06. The second-order valence-electron chi connectivity index (χ2n) is 10.3. The number of amides is 2. The molecule has 1 saturated heterocycles. The smallest absolute Gasteiger partial charge is 0.416 e. The van der Waals surface area contributed by atoms with E-state index in [4.69, 9.17) is 14.2 Å². The van der Waals surface area contributed by atoms with Crippen molar-refractivity contribution in [2.24, 2.45) is 4.99 Å². The van der Waals surface area contributed by atoms with Crippen LogP contribution in [0.2, 0.25) is 0 Å². The number of alkyl halides is 3. The molecule has 0 spiro atoms. The number of anilines is 1. The van der Waals surface area contributed by atoms with Gasteiger partial charge in [0.1, 0.15) is 11.0 Å². The molecule has 0 aromatic heterocycles. The number of aliphatic imine (C=N–C) groups is 1. The lowest BCUT2D eigenvalue weighted by molar-refractivity contribution is -0.137. The second kappa shape index (κ2) is 14.1. The number of hydrogen-bond donors (Lipinski definition) is 1. The van der Waals surface area contributed by atoms with Crippen LogP contribution < -0.4 is 19.5 Å². The zero-order valence-corrected chi connectivity index (χ0v) is 24.9. The maximum atomic E-state index is 13.6. The van der Waals surface area contributed by atoms with E-state index in [-0.39, 0.29) is 42.4 Å². The first-order valence-electron chi connectivity index (χ1n) is 14.3. The number of ether oxygens (including phenoxy) is 3. The van der Waals surface area contributed by atoms with Crippen molar-refractivity contribution < 1.29 is 37.0 Å². The van der Waals surface area contributed by atoms with Crippen LogP contribution in [0.5, 0.6) is 17.2 Å². The molecular formula is C32H32F3N3O5S. The molecule has 232 valence electrons. The van der Waals surface area contributed by atoms with Gasteiger partial charge >= 0.3 is 6.18 Å². The maximum absolute atomic E-state index is 13.6. The molecule has 0 radical (unpaired) electrons.